The molecule has 8 heteroatoms. The number of nitro groups is 1. The van der Waals surface area contributed by atoms with Crippen LogP contribution in [-0.4, -0.2) is 31.2 Å². The van der Waals surface area contributed by atoms with Crippen molar-refractivity contribution in [2.45, 2.75) is 39.7 Å². The lowest BCUT2D eigenvalue weighted by Crippen LogP contribution is -2.26. The van der Waals surface area contributed by atoms with Crippen molar-refractivity contribution >= 4 is 22.9 Å². The first kappa shape index (κ1) is 18.5. The van der Waals surface area contributed by atoms with Crippen molar-refractivity contribution < 1.29 is 14.5 Å². The van der Waals surface area contributed by atoms with E-state index in [-0.39, 0.29) is 5.82 Å². The van der Waals surface area contributed by atoms with Crippen molar-refractivity contribution in [2.75, 3.05) is 0 Å². The van der Waals surface area contributed by atoms with Gasteiger partial charge in [-0.25, -0.2) is 14.3 Å². The van der Waals surface area contributed by atoms with Crippen molar-refractivity contribution in [3.8, 4) is 0 Å². The Bertz CT molecular complexity index is 1030. The number of carbonyl (C=O) groups is 1. The number of aromatic nitrogens is 3. The molecule has 0 spiro atoms. The lowest BCUT2D eigenvalue weighted by molar-refractivity contribution is -0.389. The highest BCUT2D eigenvalue weighted by Gasteiger charge is 2.22. The zero-order valence-corrected chi connectivity index (χ0v) is 15.6. The molecule has 0 aliphatic carbocycles. The van der Waals surface area contributed by atoms with Crippen LogP contribution in [0.3, 0.4) is 0 Å². The Labute approximate surface area is 156 Å². The van der Waals surface area contributed by atoms with Gasteiger partial charge in [-0.3, -0.25) is 0 Å². The molecule has 0 aliphatic rings. The van der Waals surface area contributed by atoms with E-state index >= 15 is 0 Å². The van der Waals surface area contributed by atoms with Crippen LogP contribution in [0.5, 0.6) is 0 Å². The molecule has 0 saturated carbocycles. The van der Waals surface area contributed by atoms with Crippen LogP contribution < -0.4 is 0 Å². The monoisotopic (exact) mass is 368 g/mol. The molecule has 0 fully saturated rings. The summed E-state index contributed by atoms with van der Waals surface area (Å²) in [5.74, 6) is -0.186. The maximum atomic E-state index is 12.5. The number of fused-ring (bicyclic) bond motifs is 1. The highest BCUT2D eigenvalue weighted by atomic mass is 16.6. The summed E-state index contributed by atoms with van der Waals surface area (Å²) in [5, 5.41) is 11.7. The lowest BCUT2D eigenvalue weighted by Gasteiger charge is -2.19. The van der Waals surface area contributed by atoms with Crippen LogP contribution in [-0.2, 0) is 11.2 Å². The van der Waals surface area contributed by atoms with Gasteiger partial charge in [0.15, 0.2) is 5.69 Å². The Kier molecular flexibility index (Phi) is 4.65. The van der Waals surface area contributed by atoms with Gasteiger partial charge in [-0.1, -0.05) is 0 Å². The summed E-state index contributed by atoms with van der Waals surface area (Å²) in [5.41, 5.74) is 2.16. The van der Waals surface area contributed by atoms with E-state index < -0.39 is 16.6 Å². The van der Waals surface area contributed by atoms with Crippen molar-refractivity contribution in [2.24, 2.45) is 0 Å². The van der Waals surface area contributed by atoms with Gasteiger partial charge in [0, 0.05) is 42.8 Å². The van der Waals surface area contributed by atoms with E-state index in [2.05, 4.69) is 9.97 Å². The number of ether oxygens (including phenoxy) is 1. The third-order valence-electron chi connectivity index (χ3n) is 3.98. The fraction of sp³-hybridized carbons (Fsp3) is 0.316. The number of carbonyl (C=O) groups excluding carboxylic acids is 1. The molecule has 3 aromatic heterocycles. The Balaban J connectivity index is 2.01. The summed E-state index contributed by atoms with van der Waals surface area (Å²) in [6, 6.07) is 6.75. The van der Waals surface area contributed by atoms with Crippen LogP contribution in [0.1, 0.15) is 37.6 Å². The molecule has 0 radical (unpaired) electrons. The van der Waals surface area contributed by atoms with E-state index in [1.165, 1.54) is 10.6 Å². The van der Waals surface area contributed by atoms with Gasteiger partial charge in [-0.2, -0.15) is 0 Å². The van der Waals surface area contributed by atoms with Crippen molar-refractivity contribution in [1.82, 2.24) is 14.5 Å². The van der Waals surface area contributed by atoms with Gasteiger partial charge >= 0.3 is 11.9 Å². The molecule has 140 valence electrons. The van der Waals surface area contributed by atoms with Gasteiger partial charge < -0.3 is 14.9 Å². The van der Waals surface area contributed by atoms with Crippen molar-refractivity contribution in [1.29, 1.82) is 0 Å². The summed E-state index contributed by atoms with van der Waals surface area (Å²) >= 11 is 0. The molecular formula is C19H20N4O4. The van der Waals surface area contributed by atoms with E-state index in [0.717, 1.165) is 16.5 Å². The van der Waals surface area contributed by atoms with Crippen LogP contribution in [0.4, 0.5) is 10.6 Å². The summed E-state index contributed by atoms with van der Waals surface area (Å²) in [6.45, 7) is 7.14. The van der Waals surface area contributed by atoms with Crippen molar-refractivity contribution in [3.05, 3.63) is 63.6 Å². The smallest absolute Gasteiger partial charge is 0.420 e. The average molecular weight is 368 g/mol. The minimum absolute atomic E-state index is 0.186. The molecule has 3 heterocycles. The molecule has 8 nitrogen and oxygen atoms in total. The molecule has 0 N–H and O–H groups in total. The van der Waals surface area contributed by atoms with Gasteiger partial charge in [0.1, 0.15) is 11.2 Å². The minimum atomic E-state index is -0.624. The fourth-order valence-corrected chi connectivity index (χ4v) is 2.79. The van der Waals surface area contributed by atoms with E-state index in [1.54, 1.807) is 52.2 Å². The van der Waals surface area contributed by atoms with E-state index in [0.29, 0.717) is 17.8 Å². The number of hydrogen-bond donors (Lipinski definition) is 0. The van der Waals surface area contributed by atoms with E-state index in [1.807, 2.05) is 6.07 Å². The third kappa shape index (κ3) is 3.94. The summed E-state index contributed by atoms with van der Waals surface area (Å²) < 4.78 is 6.85. The van der Waals surface area contributed by atoms with Crippen LogP contribution in [0.2, 0.25) is 0 Å². The maximum Gasteiger partial charge on any atom is 0.420 e. The topological polar surface area (TPSA) is 100 Å². The zero-order valence-electron chi connectivity index (χ0n) is 15.6. The van der Waals surface area contributed by atoms with Gasteiger partial charge in [-0.15, -0.1) is 0 Å². The summed E-state index contributed by atoms with van der Waals surface area (Å²) in [6.07, 6.45) is 3.28. The Hall–Kier alpha value is -3.29. The quantitative estimate of drug-likeness (QED) is 0.511. The second-order valence-electron chi connectivity index (χ2n) is 7.23. The minimum Gasteiger partial charge on any atom is -0.443 e. The molecular weight excluding hydrogens is 348 g/mol. The molecule has 0 unspecified atom stereocenters. The Morgan fingerprint density at radius 3 is 2.63 bits per heavy atom. The summed E-state index contributed by atoms with van der Waals surface area (Å²) in [4.78, 5) is 31.2. The standard InChI is InChI=1S/C19H20N4O4/c1-12-13(7-8-16(21-12)23(25)26)10-14-11-22(18(24)27-19(2,3)4)17-15(14)6-5-9-20-17/h5-9,11H,10H2,1-4H3. The predicted octanol–water partition coefficient (Wildman–Crippen LogP) is 4.02. The first-order chi connectivity index (χ1) is 12.7. The number of hydrogen-bond acceptors (Lipinski definition) is 6. The molecule has 0 atom stereocenters. The zero-order chi connectivity index (χ0) is 19.8. The first-order valence-electron chi connectivity index (χ1n) is 8.45. The normalized spacial score (nSPS) is 11.6. The van der Waals surface area contributed by atoms with E-state index in [4.69, 9.17) is 4.74 Å². The van der Waals surface area contributed by atoms with Crippen LogP contribution in [0.15, 0.2) is 36.7 Å². The molecule has 27 heavy (non-hydrogen) atoms. The number of nitrogens with zero attached hydrogens (tertiary/aromatic N) is 4. The third-order valence-corrected chi connectivity index (χ3v) is 3.98. The number of aryl methyl sites for hydroxylation is 1. The molecule has 0 aliphatic heterocycles. The molecule has 0 saturated heterocycles. The molecule has 3 rings (SSSR count). The molecule has 0 amide bonds. The molecule has 0 bridgehead atoms. The first-order valence-corrected chi connectivity index (χ1v) is 8.45. The van der Waals surface area contributed by atoms with Crippen LogP contribution >= 0.6 is 0 Å². The lowest BCUT2D eigenvalue weighted by atomic mass is 10.0. The summed E-state index contributed by atoms with van der Waals surface area (Å²) in [7, 11) is 0. The highest BCUT2D eigenvalue weighted by molar-refractivity contribution is 5.89. The molecule has 3 aromatic rings. The van der Waals surface area contributed by atoms with Crippen LogP contribution in [0.25, 0.3) is 11.0 Å². The van der Waals surface area contributed by atoms with Gasteiger partial charge in [0.2, 0.25) is 0 Å². The van der Waals surface area contributed by atoms with Gasteiger partial charge in [0.05, 0.1) is 0 Å². The second-order valence-corrected chi connectivity index (χ2v) is 7.23. The number of rotatable bonds is 3. The van der Waals surface area contributed by atoms with Gasteiger partial charge in [0.25, 0.3) is 0 Å². The van der Waals surface area contributed by atoms with Crippen molar-refractivity contribution in [3.63, 3.8) is 0 Å². The van der Waals surface area contributed by atoms with Gasteiger partial charge in [-0.05, 0) is 54.4 Å². The maximum absolute atomic E-state index is 12.5. The average Bonchev–Trinajstić information content (AvgIpc) is 2.94. The fourth-order valence-electron chi connectivity index (χ4n) is 2.79. The Morgan fingerprint density at radius 1 is 1.26 bits per heavy atom. The highest BCUT2D eigenvalue weighted by Crippen LogP contribution is 2.25. The van der Waals surface area contributed by atoms with Crippen LogP contribution in [0, 0.1) is 17.0 Å². The number of pyridine rings is 2. The SMILES string of the molecule is Cc1nc([N+](=O)[O-])ccc1Cc1cn(C(=O)OC(C)(C)C)c2ncccc12. The molecule has 0 aromatic carbocycles. The predicted molar refractivity (Wildman–Crippen MR) is 99.8 cm³/mol. The Morgan fingerprint density at radius 2 is 2.00 bits per heavy atom. The van der Waals surface area contributed by atoms with E-state index in [9.17, 15) is 14.9 Å². The largest absolute Gasteiger partial charge is 0.443 e. The second kappa shape index (κ2) is 6.79.